The second kappa shape index (κ2) is 10.5. The van der Waals surface area contributed by atoms with Gasteiger partial charge in [0.15, 0.2) is 5.82 Å². The maximum absolute atomic E-state index is 13.1. The Morgan fingerprint density at radius 2 is 2.11 bits per heavy atom. The molecular weight excluding hydrogens is 444 g/mol. The molecule has 1 aliphatic rings. The average Bonchev–Trinajstić information content (AvgIpc) is 3.52. The van der Waals surface area contributed by atoms with Crippen LogP contribution in [0.2, 0.25) is 0 Å². The van der Waals surface area contributed by atoms with Gasteiger partial charge in [-0.25, -0.2) is 4.68 Å². The fourth-order valence-electron chi connectivity index (χ4n) is 4.86. The summed E-state index contributed by atoms with van der Waals surface area (Å²) < 4.78 is 13.4. The summed E-state index contributed by atoms with van der Waals surface area (Å²) in [6, 6.07) is 7.56. The van der Waals surface area contributed by atoms with Crippen LogP contribution in [0.15, 0.2) is 29.1 Å². The van der Waals surface area contributed by atoms with Gasteiger partial charge in [0.2, 0.25) is 0 Å². The highest BCUT2D eigenvalue weighted by atomic mass is 16.5. The first kappa shape index (κ1) is 25.3. The van der Waals surface area contributed by atoms with Crippen LogP contribution in [0.1, 0.15) is 71.3 Å². The fourth-order valence-corrected chi connectivity index (χ4v) is 4.86. The third-order valence-electron chi connectivity index (χ3n) is 7.19. The smallest absolute Gasteiger partial charge is 0.252 e. The maximum atomic E-state index is 13.1. The summed E-state index contributed by atoms with van der Waals surface area (Å²) in [6.07, 6.45) is 3.09. The first-order chi connectivity index (χ1) is 16.7. The van der Waals surface area contributed by atoms with Crippen molar-refractivity contribution in [1.82, 2.24) is 30.1 Å². The van der Waals surface area contributed by atoms with Gasteiger partial charge in [0.05, 0.1) is 24.8 Å². The minimum atomic E-state index is -0.224. The molecule has 0 unspecified atom stereocenters. The zero-order chi connectivity index (χ0) is 25.2. The van der Waals surface area contributed by atoms with Crippen molar-refractivity contribution in [3.05, 3.63) is 46.0 Å². The average molecular weight is 483 g/mol. The number of H-pyrrole nitrogens is 1. The summed E-state index contributed by atoms with van der Waals surface area (Å²) in [6.45, 7) is 12.8. The second-order valence-electron chi connectivity index (χ2n) is 10.4. The molecule has 0 amide bonds. The number of nitrogens with one attached hydrogen (secondary N) is 1. The van der Waals surface area contributed by atoms with E-state index < -0.39 is 0 Å². The molecule has 1 saturated heterocycles. The summed E-state index contributed by atoms with van der Waals surface area (Å²) in [4.78, 5) is 18.5. The van der Waals surface area contributed by atoms with E-state index in [1.54, 1.807) is 7.11 Å². The number of pyridine rings is 1. The Kier molecular flexibility index (Phi) is 7.56. The van der Waals surface area contributed by atoms with Gasteiger partial charge in [-0.2, -0.15) is 0 Å². The van der Waals surface area contributed by atoms with E-state index in [0.29, 0.717) is 18.7 Å². The minimum Gasteiger partial charge on any atom is -0.497 e. The van der Waals surface area contributed by atoms with E-state index in [9.17, 15) is 4.79 Å². The van der Waals surface area contributed by atoms with Crippen LogP contribution in [0.4, 0.5) is 0 Å². The van der Waals surface area contributed by atoms with Gasteiger partial charge in [-0.05, 0) is 73.7 Å². The zero-order valence-electron chi connectivity index (χ0n) is 21.7. The normalized spacial score (nSPS) is 17.5. The fraction of sp³-hybridized carbons (Fsp3) is 0.615. The Balaban J connectivity index is 1.76. The van der Waals surface area contributed by atoms with E-state index in [1.165, 1.54) is 0 Å². The van der Waals surface area contributed by atoms with Crippen LogP contribution in [0, 0.1) is 5.92 Å². The van der Waals surface area contributed by atoms with E-state index >= 15 is 0 Å². The molecule has 0 saturated carbocycles. The number of hydrogen-bond acceptors (Lipinski definition) is 7. The third-order valence-corrected chi connectivity index (χ3v) is 7.19. The number of nitrogens with zero attached hydrogens (tertiary/aromatic N) is 5. The van der Waals surface area contributed by atoms with Crippen LogP contribution in [0.5, 0.6) is 5.75 Å². The molecule has 3 heterocycles. The SMILES string of the molecule is CCC(C)(C)n1nnnc1[C@H](C(C)C)N(Cc1cc2cc(OC)ccc2[nH]c1=O)C[C@H]1CCCO1. The van der Waals surface area contributed by atoms with Crippen molar-refractivity contribution in [2.24, 2.45) is 5.92 Å². The first-order valence-corrected chi connectivity index (χ1v) is 12.6. The van der Waals surface area contributed by atoms with Crippen LogP contribution < -0.4 is 10.3 Å². The van der Waals surface area contributed by atoms with Crippen molar-refractivity contribution in [3.63, 3.8) is 0 Å². The van der Waals surface area contributed by atoms with E-state index in [1.807, 2.05) is 28.9 Å². The summed E-state index contributed by atoms with van der Waals surface area (Å²) in [7, 11) is 1.65. The number of methoxy groups -OCH3 is 1. The van der Waals surface area contributed by atoms with Crippen LogP contribution in [-0.2, 0) is 16.8 Å². The molecule has 9 heteroatoms. The second-order valence-corrected chi connectivity index (χ2v) is 10.4. The van der Waals surface area contributed by atoms with Gasteiger partial charge in [0.25, 0.3) is 5.56 Å². The largest absolute Gasteiger partial charge is 0.497 e. The molecule has 1 aliphatic heterocycles. The Morgan fingerprint density at radius 1 is 1.31 bits per heavy atom. The number of fused-ring (bicyclic) bond motifs is 1. The predicted octanol–water partition coefficient (Wildman–Crippen LogP) is 4.05. The molecule has 1 aromatic carbocycles. The molecule has 3 aromatic rings. The van der Waals surface area contributed by atoms with Gasteiger partial charge in [0, 0.05) is 36.2 Å². The Bertz CT molecular complexity index is 1200. The van der Waals surface area contributed by atoms with E-state index in [2.05, 4.69) is 60.0 Å². The molecular formula is C26H38N6O3. The molecule has 1 fully saturated rings. The third kappa shape index (κ3) is 5.41. The Labute approximate surface area is 206 Å². The summed E-state index contributed by atoms with van der Waals surface area (Å²) in [5, 5.41) is 13.9. The molecule has 0 aliphatic carbocycles. The number of hydrogen-bond donors (Lipinski definition) is 1. The van der Waals surface area contributed by atoms with Crippen molar-refractivity contribution in [1.29, 1.82) is 0 Å². The zero-order valence-corrected chi connectivity index (χ0v) is 21.7. The van der Waals surface area contributed by atoms with Gasteiger partial charge in [-0.3, -0.25) is 9.69 Å². The topological polar surface area (TPSA) is 98.2 Å². The van der Waals surface area contributed by atoms with Crippen molar-refractivity contribution in [3.8, 4) is 5.75 Å². The predicted molar refractivity (Wildman–Crippen MR) is 136 cm³/mol. The molecule has 1 N–H and O–H groups in total. The lowest BCUT2D eigenvalue weighted by molar-refractivity contribution is 0.0368. The lowest BCUT2D eigenvalue weighted by Crippen LogP contribution is -2.41. The minimum absolute atomic E-state index is 0.0829. The number of tetrazole rings is 1. The molecule has 0 bridgehead atoms. The lowest BCUT2D eigenvalue weighted by Gasteiger charge is -2.36. The summed E-state index contributed by atoms with van der Waals surface area (Å²) >= 11 is 0. The molecule has 190 valence electrons. The van der Waals surface area contributed by atoms with Crippen molar-refractivity contribution < 1.29 is 9.47 Å². The highest BCUT2D eigenvalue weighted by molar-refractivity contribution is 5.80. The monoisotopic (exact) mass is 482 g/mol. The summed E-state index contributed by atoms with van der Waals surface area (Å²) in [5.41, 5.74) is 1.18. The van der Waals surface area contributed by atoms with Crippen molar-refractivity contribution in [2.75, 3.05) is 20.3 Å². The van der Waals surface area contributed by atoms with Crippen LogP contribution in [0.25, 0.3) is 10.9 Å². The first-order valence-electron chi connectivity index (χ1n) is 12.6. The van der Waals surface area contributed by atoms with Gasteiger partial charge < -0.3 is 14.5 Å². The van der Waals surface area contributed by atoms with E-state index in [4.69, 9.17) is 9.47 Å². The maximum Gasteiger partial charge on any atom is 0.252 e. The molecule has 0 radical (unpaired) electrons. The molecule has 2 aromatic heterocycles. The van der Waals surface area contributed by atoms with E-state index in [0.717, 1.165) is 48.3 Å². The number of ether oxygens (including phenoxy) is 2. The van der Waals surface area contributed by atoms with Crippen LogP contribution in [0.3, 0.4) is 0 Å². The van der Waals surface area contributed by atoms with Gasteiger partial charge in [-0.15, -0.1) is 5.10 Å². The standard InChI is InChI=1S/C26H38N6O3/c1-7-26(4,5)32-24(28-29-30-32)23(17(2)3)31(16-21-9-8-12-35-21)15-19-13-18-14-20(34-6)10-11-22(18)27-25(19)33/h10-11,13-14,17,21,23H,7-9,12,15-16H2,1-6H3,(H,27,33)/t21-,23+/m1/s1. The number of aromatic amines is 1. The number of benzene rings is 1. The van der Waals surface area contributed by atoms with Crippen molar-refractivity contribution in [2.45, 2.75) is 78.1 Å². The van der Waals surface area contributed by atoms with Gasteiger partial charge in [0.1, 0.15) is 5.75 Å². The highest BCUT2D eigenvalue weighted by Crippen LogP contribution is 2.33. The molecule has 35 heavy (non-hydrogen) atoms. The quantitative estimate of drug-likeness (QED) is 0.465. The Morgan fingerprint density at radius 3 is 2.77 bits per heavy atom. The highest BCUT2D eigenvalue weighted by Gasteiger charge is 2.35. The molecule has 2 atom stereocenters. The Hall–Kier alpha value is -2.78. The van der Waals surface area contributed by atoms with E-state index in [-0.39, 0.29) is 29.2 Å². The number of rotatable bonds is 10. The number of aromatic nitrogens is 5. The molecule has 0 spiro atoms. The lowest BCUT2D eigenvalue weighted by atomic mass is 9.97. The summed E-state index contributed by atoms with van der Waals surface area (Å²) in [5.74, 6) is 1.80. The van der Waals surface area contributed by atoms with Crippen LogP contribution >= 0.6 is 0 Å². The molecule has 9 nitrogen and oxygen atoms in total. The molecule has 4 rings (SSSR count). The van der Waals surface area contributed by atoms with Gasteiger partial charge in [-0.1, -0.05) is 20.8 Å². The van der Waals surface area contributed by atoms with Crippen LogP contribution in [-0.4, -0.2) is 56.5 Å². The van der Waals surface area contributed by atoms with Crippen molar-refractivity contribution >= 4 is 10.9 Å². The van der Waals surface area contributed by atoms with Gasteiger partial charge >= 0.3 is 0 Å².